The number of ketones is 1. The van der Waals surface area contributed by atoms with E-state index in [0.29, 0.717) is 18.8 Å². The van der Waals surface area contributed by atoms with Crippen LogP contribution in [0, 0.1) is 12.8 Å². The van der Waals surface area contributed by atoms with E-state index in [2.05, 4.69) is 33.1 Å². The molecule has 2 aromatic carbocycles. The van der Waals surface area contributed by atoms with Crippen molar-refractivity contribution in [3.8, 4) is 0 Å². The summed E-state index contributed by atoms with van der Waals surface area (Å²) in [7, 11) is 0. The molecule has 1 amide bonds. The van der Waals surface area contributed by atoms with E-state index in [0.717, 1.165) is 36.6 Å². The molecule has 5 rings (SSSR count). The fourth-order valence-corrected chi connectivity index (χ4v) is 4.63. The van der Waals surface area contributed by atoms with E-state index < -0.39 is 0 Å². The second-order valence-corrected chi connectivity index (χ2v) is 7.76. The van der Waals surface area contributed by atoms with Gasteiger partial charge in [-0.2, -0.15) is 0 Å². The topological polar surface area (TPSA) is 76.3 Å². The first-order chi connectivity index (χ1) is 13.6. The van der Waals surface area contributed by atoms with Crippen LogP contribution >= 0.6 is 0 Å². The van der Waals surface area contributed by atoms with Gasteiger partial charge in [0.1, 0.15) is 5.69 Å². The van der Waals surface area contributed by atoms with Gasteiger partial charge in [-0.3, -0.25) is 9.59 Å². The summed E-state index contributed by atoms with van der Waals surface area (Å²) in [6, 6.07) is 10.3. The third-order valence-electron chi connectivity index (χ3n) is 6.08. The molecule has 2 aliphatic rings. The lowest BCUT2D eigenvalue weighted by Gasteiger charge is -2.31. The van der Waals surface area contributed by atoms with Crippen LogP contribution in [0.2, 0.25) is 0 Å². The number of aryl methyl sites for hydroxylation is 3. The highest BCUT2D eigenvalue weighted by atomic mass is 16.6. The summed E-state index contributed by atoms with van der Waals surface area (Å²) >= 11 is 0. The fourth-order valence-electron chi connectivity index (χ4n) is 4.63. The first-order valence-electron chi connectivity index (χ1n) is 9.79. The van der Waals surface area contributed by atoms with Gasteiger partial charge in [-0.05, 0) is 59.7 Å². The Kier molecular flexibility index (Phi) is 4.00. The molecule has 1 aliphatic heterocycles. The summed E-state index contributed by atoms with van der Waals surface area (Å²) in [6.45, 7) is 2.73. The Hall–Kier alpha value is -3.02. The van der Waals surface area contributed by atoms with Crippen LogP contribution in [0.3, 0.4) is 0 Å². The molecule has 0 bridgehead atoms. The zero-order chi connectivity index (χ0) is 19.3. The maximum atomic E-state index is 13.4. The SMILES string of the molecule is Cc1nonc1C(=O)N1CCCC(C(=O)c2ccc3c4c(cccc24)CC3)C1. The summed E-state index contributed by atoms with van der Waals surface area (Å²) in [6.07, 6.45) is 3.68. The number of aromatic nitrogens is 2. The number of hydrogen-bond acceptors (Lipinski definition) is 5. The van der Waals surface area contributed by atoms with Gasteiger partial charge in [0.05, 0.1) is 0 Å². The molecule has 6 nitrogen and oxygen atoms in total. The van der Waals surface area contributed by atoms with Gasteiger partial charge < -0.3 is 4.90 Å². The second kappa shape index (κ2) is 6.55. The maximum Gasteiger partial charge on any atom is 0.278 e. The minimum Gasteiger partial charge on any atom is -0.336 e. The Balaban J connectivity index is 1.44. The molecule has 28 heavy (non-hydrogen) atoms. The predicted octanol–water partition coefficient (Wildman–Crippen LogP) is 3.36. The molecule has 1 fully saturated rings. The van der Waals surface area contributed by atoms with Gasteiger partial charge in [-0.15, -0.1) is 0 Å². The lowest BCUT2D eigenvalue weighted by Crippen LogP contribution is -2.42. The van der Waals surface area contributed by atoms with Crippen LogP contribution < -0.4 is 0 Å². The Morgan fingerprint density at radius 2 is 1.93 bits per heavy atom. The van der Waals surface area contributed by atoms with Gasteiger partial charge in [-0.1, -0.05) is 35.5 Å². The molecule has 0 radical (unpaired) electrons. The standard InChI is InChI=1S/C22H21N3O3/c1-13-20(24-28-23-13)22(27)25-11-3-5-16(12-25)21(26)18-10-9-15-8-7-14-4-2-6-17(18)19(14)15/h2,4,6,9-10,16H,3,5,7-8,11-12H2,1H3. The lowest BCUT2D eigenvalue weighted by molar-refractivity contribution is 0.0628. The minimum atomic E-state index is -0.211. The van der Waals surface area contributed by atoms with Crippen LogP contribution in [-0.2, 0) is 12.8 Å². The Morgan fingerprint density at radius 1 is 1.11 bits per heavy atom. The number of piperidine rings is 1. The summed E-state index contributed by atoms with van der Waals surface area (Å²) in [5.74, 6) is -0.281. The predicted molar refractivity (Wildman–Crippen MR) is 103 cm³/mol. The molecule has 142 valence electrons. The number of benzene rings is 2. The molecule has 2 heterocycles. The largest absolute Gasteiger partial charge is 0.336 e. The molecular formula is C22H21N3O3. The number of amides is 1. The number of carbonyl (C=O) groups is 2. The highest BCUT2D eigenvalue weighted by Crippen LogP contribution is 2.34. The summed E-state index contributed by atoms with van der Waals surface area (Å²) in [5, 5.41) is 9.72. The second-order valence-electron chi connectivity index (χ2n) is 7.76. The fraction of sp³-hybridized carbons (Fsp3) is 0.364. The highest BCUT2D eigenvalue weighted by molar-refractivity contribution is 6.11. The number of carbonyl (C=O) groups excluding carboxylic acids is 2. The van der Waals surface area contributed by atoms with E-state index in [4.69, 9.17) is 0 Å². The Labute approximate surface area is 162 Å². The van der Waals surface area contributed by atoms with Crippen LogP contribution in [-0.4, -0.2) is 40.0 Å². The average molecular weight is 375 g/mol. The van der Waals surface area contributed by atoms with Crippen molar-refractivity contribution in [3.63, 3.8) is 0 Å². The quantitative estimate of drug-likeness (QED) is 0.656. The summed E-state index contributed by atoms with van der Waals surface area (Å²) in [5.41, 5.74) is 4.15. The molecule has 1 saturated heterocycles. The van der Waals surface area contributed by atoms with Crippen LogP contribution in [0.25, 0.3) is 10.8 Å². The van der Waals surface area contributed by atoms with Gasteiger partial charge in [0.15, 0.2) is 11.5 Å². The van der Waals surface area contributed by atoms with Crippen LogP contribution in [0.5, 0.6) is 0 Å². The van der Waals surface area contributed by atoms with Crippen molar-refractivity contribution in [2.24, 2.45) is 5.92 Å². The van der Waals surface area contributed by atoms with E-state index in [1.807, 2.05) is 12.1 Å². The van der Waals surface area contributed by atoms with Crippen molar-refractivity contribution in [2.45, 2.75) is 32.6 Å². The smallest absolute Gasteiger partial charge is 0.278 e. The van der Waals surface area contributed by atoms with Gasteiger partial charge in [0.2, 0.25) is 0 Å². The van der Waals surface area contributed by atoms with E-state index in [1.165, 1.54) is 16.5 Å². The number of hydrogen-bond donors (Lipinski definition) is 0. The maximum absolute atomic E-state index is 13.4. The summed E-state index contributed by atoms with van der Waals surface area (Å²) < 4.78 is 4.66. The lowest BCUT2D eigenvalue weighted by atomic mass is 9.87. The first kappa shape index (κ1) is 17.1. The van der Waals surface area contributed by atoms with Crippen molar-refractivity contribution >= 4 is 22.5 Å². The Bertz CT molecular complexity index is 1090. The van der Waals surface area contributed by atoms with Crippen molar-refractivity contribution in [3.05, 3.63) is 58.4 Å². The molecule has 0 saturated carbocycles. The number of nitrogens with zero attached hydrogens (tertiary/aromatic N) is 3. The first-order valence-corrected chi connectivity index (χ1v) is 9.79. The van der Waals surface area contributed by atoms with E-state index in [-0.39, 0.29) is 23.3 Å². The average Bonchev–Trinajstić information content (AvgIpc) is 3.35. The Morgan fingerprint density at radius 3 is 2.71 bits per heavy atom. The molecule has 0 spiro atoms. The molecule has 3 aromatic rings. The number of Topliss-reactive ketones (excluding diaryl/α,β-unsaturated/α-hetero) is 1. The van der Waals surface area contributed by atoms with E-state index >= 15 is 0 Å². The molecule has 1 atom stereocenters. The normalized spacial score (nSPS) is 18.6. The van der Waals surface area contributed by atoms with Gasteiger partial charge in [-0.25, -0.2) is 4.63 Å². The van der Waals surface area contributed by atoms with Crippen LogP contribution in [0.1, 0.15) is 50.5 Å². The molecule has 6 heteroatoms. The third kappa shape index (κ3) is 2.63. The monoisotopic (exact) mass is 375 g/mol. The van der Waals surface area contributed by atoms with Crippen molar-refractivity contribution < 1.29 is 14.2 Å². The molecule has 1 aromatic heterocycles. The van der Waals surface area contributed by atoms with Gasteiger partial charge in [0, 0.05) is 24.6 Å². The molecule has 0 N–H and O–H groups in total. The van der Waals surface area contributed by atoms with E-state index in [1.54, 1.807) is 11.8 Å². The van der Waals surface area contributed by atoms with Crippen molar-refractivity contribution in [1.29, 1.82) is 0 Å². The molecule has 1 aliphatic carbocycles. The molecule has 1 unspecified atom stereocenters. The number of likely N-dealkylation sites (tertiary alicyclic amines) is 1. The molecular weight excluding hydrogens is 354 g/mol. The zero-order valence-electron chi connectivity index (χ0n) is 15.8. The number of rotatable bonds is 3. The van der Waals surface area contributed by atoms with Crippen molar-refractivity contribution in [2.75, 3.05) is 13.1 Å². The summed E-state index contributed by atoms with van der Waals surface area (Å²) in [4.78, 5) is 27.8. The third-order valence-corrected chi connectivity index (χ3v) is 6.08. The van der Waals surface area contributed by atoms with Crippen LogP contribution in [0.4, 0.5) is 0 Å². The zero-order valence-corrected chi connectivity index (χ0v) is 15.8. The van der Waals surface area contributed by atoms with E-state index in [9.17, 15) is 9.59 Å². The van der Waals surface area contributed by atoms with Gasteiger partial charge in [0.25, 0.3) is 5.91 Å². The van der Waals surface area contributed by atoms with Crippen LogP contribution in [0.15, 0.2) is 35.0 Å². The van der Waals surface area contributed by atoms with Crippen molar-refractivity contribution in [1.82, 2.24) is 15.2 Å². The highest BCUT2D eigenvalue weighted by Gasteiger charge is 2.32. The van der Waals surface area contributed by atoms with Gasteiger partial charge >= 0.3 is 0 Å². The minimum absolute atomic E-state index is 0.128.